The second-order valence-corrected chi connectivity index (χ2v) is 1.34. The second kappa shape index (κ2) is 22.8. The molecule has 0 saturated heterocycles. The van der Waals surface area contributed by atoms with Gasteiger partial charge in [0.1, 0.15) is 0 Å². The molecule has 0 heterocycles. The molecule has 0 aromatic heterocycles. The van der Waals surface area contributed by atoms with Crippen molar-refractivity contribution in [2.75, 3.05) is 0 Å². The Hall–Kier alpha value is 2.41. The topological polar surface area (TPSA) is 86.2 Å². The Morgan fingerprint density at radius 2 is 0.818 bits per heavy atom. The predicted molar refractivity (Wildman–Crippen MR) is 42.5 cm³/mol. The van der Waals surface area contributed by atoms with Crippen molar-refractivity contribution < 1.29 is 19.2 Å². The van der Waals surface area contributed by atoms with E-state index in [2.05, 4.69) is 0 Å². The van der Waals surface area contributed by atoms with Crippen LogP contribution in [0.1, 0.15) is 0 Å². The third-order valence-electron chi connectivity index (χ3n) is 0. The molecule has 4 nitrogen and oxygen atoms in total. The Bertz CT molecular complexity index is 66.7. The van der Waals surface area contributed by atoms with Crippen molar-refractivity contribution in [3.05, 3.63) is 0 Å². The summed E-state index contributed by atoms with van der Waals surface area (Å²) in [5.74, 6) is 0. The fourth-order valence-corrected chi connectivity index (χ4v) is 0. The molecule has 0 rings (SSSR count). The Morgan fingerprint density at radius 1 is 0.818 bits per heavy atom. The standard InChI is InChI=1S/3CH3.3Mg.H3O4P/c;;;;;;1-5(2,3)4/h3*1H3;;;;(H3,1,2,3,4)/q;;;3*+1;/p-3. The summed E-state index contributed by atoms with van der Waals surface area (Å²) in [5, 5.41) is 6.08. The van der Waals surface area contributed by atoms with Gasteiger partial charge in [0, 0.05) is 0 Å². The molecule has 0 aliphatic carbocycles. The zero-order chi connectivity index (χ0) is 10.5. The monoisotopic (exact) mass is 212 g/mol. The van der Waals surface area contributed by atoms with E-state index >= 15 is 0 Å². The maximum atomic E-state index is 8.55. The summed E-state index contributed by atoms with van der Waals surface area (Å²) in [6.45, 7) is 0. The Balaban J connectivity index is -0.0000000350. The van der Waals surface area contributed by atoms with Crippen LogP contribution in [-0.2, 0) is 4.57 Å². The first-order chi connectivity index (χ1) is 5.00. The Kier molecular flexibility index (Phi) is 48.4. The van der Waals surface area contributed by atoms with Crippen LogP contribution in [0.4, 0.5) is 0 Å². The third kappa shape index (κ3) is 232. The van der Waals surface area contributed by atoms with Gasteiger partial charge in [-0.1, -0.05) is 0 Å². The summed E-state index contributed by atoms with van der Waals surface area (Å²) in [6.07, 6.45) is 0. The van der Waals surface area contributed by atoms with Gasteiger partial charge >= 0.3 is 80.3 Å². The molecule has 8 heteroatoms. The summed E-state index contributed by atoms with van der Waals surface area (Å²) in [4.78, 5) is 25.6. The average molecular weight is 213 g/mol. The fraction of sp³-hybridized carbons (Fsp3) is 1.00. The van der Waals surface area contributed by atoms with Gasteiger partial charge in [0.2, 0.25) is 0 Å². The van der Waals surface area contributed by atoms with E-state index in [9.17, 15) is 0 Å². The molecule has 56 valence electrons. The average Bonchev–Trinajstić information content (AvgIpc) is 1.96. The van der Waals surface area contributed by atoms with E-state index in [4.69, 9.17) is 19.2 Å². The fourth-order valence-electron chi connectivity index (χ4n) is 0. The summed E-state index contributed by atoms with van der Waals surface area (Å²) in [6, 6.07) is 0. The van der Waals surface area contributed by atoms with Gasteiger partial charge in [0.05, 0.1) is 0 Å². The second-order valence-electron chi connectivity index (χ2n) is 0.447. The molecule has 0 fully saturated rings. The summed E-state index contributed by atoms with van der Waals surface area (Å²) in [7, 11) is -5.39. The molecule has 0 atom stereocenters. The van der Waals surface area contributed by atoms with Crippen LogP contribution in [-0.4, -0.2) is 65.1 Å². The van der Waals surface area contributed by atoms with Crippen molar-refractivity contribution in [2.45, 2.75) is 15.2 Å². The molecule has 0 aliphatic rings. The molecule has 0 radical (unpaired) electrons. The molecule has 11 heavy (non-hydrogen) atoms. The van der Waals surface area contributed by atoms with E-state index in [0.29, 0.717) is 0 Å². The minimum absolute atomic E-state index is 1.86. The Labute approximate surface area is 106 Å². The van der Waals surface area contributed by atoms with Crippen LogP contribution in [0.25, 0.3) is 0 Å². The molecular formula is C3H9Mg3O4P. The quantitative estimate of drug-likeness (QED) is 0.337. The number of phosphoric acid groups is 1. The molecular weight excluding hydrogens is 204 g/mol. The predicted octanol–water partition coefficient (Wildman–Crippen LogP) is -2.22. The zero-order valence-corrected chi connectivity index (χ0v) is 12.3. The first-order valence-electron chi connectivity index (χ1n) is 2.85. The zero-order valence-electron chi connectivity index (χ0n) is 7.20. The van der Waals surface area contributed by atoms with Gasteiger partial charge in [-0.15, -0.1) is 0 Å². The SMILES string of the molecule is O=P([O-])([O-])[O-].[CH3][Mg+].[CH3][Mg+].[CH3][Mg+]. The summed E-state index contributed by atoms with van der Waals surface area (Å²) in [5.41, 5.74) is 0. The molecule has 0 aromatic rings. The van der Waals surface area contributed by atoms with Gasteiger partial charge in [0.15, 0.2) is 0 Å². The number of hydrogen-bond acceptors (Lipinski definition) is 4. The van der Waals surface area contributed by atoms with Gasteiger partial charge in [-0.05, 0) is 0 Å². The molecule has 0 aromatic carbocycles. The summed E-state index contributed by atoms with van der Waals surface area (Å²) < 4.78 is 8.55. The minimum atomic E-state index is -5.39. The normalized spacial score (nSPS) is 7.27. The van der Waals surface area contributed by atoms with E-state index in [1.54, 1.807) is 0 Å². The Morgan fingerprint density at radius 3 is 0.818 bits per heavy atom. The molecule has 0 amide bonds. The van der Waals surface area contributed by atoms with Crippen LogP contribution in [0.2, 0.25) is 15.2 Å². The van der Waals surface area contributed by atoms with Crippen LogP contribution >= 0.6 is 7.82 Å². The van der Waals surface area contributed by atoms with Crippen molar-refractivity contribution in [2.24, 2.45) is 0 Å². The van der Waals surface area contributed by atoms with Crippen molar-refractivity contribution in [1.82, 2.24) is 0 Å². The van der Waals surface area contributed by atoms with Crippen LogP contribution in [0.3, 0.4) is 0 Å². The van der Waals surface area contributed by atoms with Crippen molar-refractivity contribution >= 4 is 72.9 Å². The van der Waals surface area contributed by atoms with Gasteiger partial charge < -0.3 is 19.2 Å². The first-order valence-corrected chi connectivity index (χ1v) is 8.55. The van der Waals surface area contributed by atoms with Gasteiger partial charge in [-0.3, -0.25) is 0 Å². The maximum absolute atomic E-state index is 8.55. The molecule has 0 spiro atoms. The van der Waals surface area contributed by atoms with Gasteiger partial charge in [-0.25, -0.2) is 0 Å². The van der Waals surface area contributed by atoms with E-state index in [1.807, 2.05) is 80.3 Å². The van der Waals surface area contributed by atoms with Crippen LogP contribution in [0.5, 0.6) is 0 Å². The van der Waals surface area contributed by atoms with E-state index in [0.717, 1.165) is 0 Å². The third-order valence-corrected chi connectivity index (χ3v) is 0. The van der Waals surface area contributed by atoms with Gasteiger partial charge in [0.25, 0.3) is 0 Å². The summed E-state index contributed by atoms with van der Waals surface area (Å²) >= 11 is 5.58. The van der Waals surface area contributed by atoms with Crippen LogP contribution in [0, 0.1) is 0 Å². The molecule has 0 aliphatic heterocycles. The van der Waals surface area contributed by atoms with E-state index in [-0.39, 0.29) is 0 Å². The molecule has 0 bridgehead atoms. The van der Waals surface area contributed by atoms with Crippen LogP contribution in [0.15, 0.2) is 0 Å². The van der Waals surface area contributed by atoms with Crippen molar-refractivity contribution in [3.63, 3.8) is 0 Å². The number of rotatable bonds is 0. The van der Waals surface area contributed by atoms with E-state index < -0.39 is 7.82 Å². The molecule has 0 unspecified atom stereocenters. The van der Waals surface area contributed by atoms with Gasteiger partial charge in [-0.2, -0.15) is 7.82 Å². The first kappa shape index (κ1) is 23.3. The molecule has 0 N–H and O–H groups in total. The van der Waals surface area contributed by atoms with Crippen molar-refractivity contribution in [1.29, 1.82) is 0 Å². The van der Waals surface area contributed by atoms with Crippen LogP contribution < -0.4 is 14.7 Å². The van der Waals surface area contributed by atoms with Crippen molar-refractivity contribution in [3.8, 4) is 0 Å². The van der Waals surface area contributed by atoms with E-state index in [1.165, 1.54) is 0 Å². The number of hydrogen-bond donors (Lipinski definition) is 0. The molecule has 0 saturated carbocycles.